The number of hydrogen-bond acceptors (Lipinski definition) is 3. The molecule has 0 saturated carbocycles. The third-order valence-electron chi connectivity index (χ3n) is 2.47. The van der Waals surface area contributed by atoms with Crippen molar-refractivity contribution in [2.75, 3.05) is 18.1 Å². The Morgan fingerprint density at radius 2 is 1.80 bits per heavy atom. The summed E-state index contributed by atoms with van der Waals surface area (Å²) in [4.78, 5) is 0.969. The smallest absolute Gasteiger partial charge is 0.133 e. The lowest BCUT2D eigenvalue weighted by molar-refractivity contribution is 0.342. The molecule has 2 aromatic rings. The lowest BCUT2D eigenvalue weighted by Crippen LogP contribution is -2.01. The van der Waals surface area contributed by atoms with Crippen LogP contribution in [0.4, 0.5) is 5.69 Å². The Morgan fingerprint density at radius 1 is 1.10 bits per heavy atom. The molecule has 20 heavy (non-hydrogen) atoms. The fourth-order valence-electron chi connectivity index (χ4n) is 1.53. The van der Waals surface area contributed by atoms with Gasteiger partial charge in [-0.15, -0.1) is 11.8 Å². The molecule has 0 amide bonds. The van der Waals surface area contributed by atoms with Gasteiger partial charge in [0.05, 0.1) is 11.1 Å². The first-order chi connectivity index (χ1) is 9.56. The fourth-order valence-corrected chi connectivity index (χ4v) is 3.39. The number of nitrogen functional groups attached to an aromatic ring is 1. The summed E-state index contributed by atoms with van der Waals surface area (Å²) in [6.07, 6.45) is 0. The Kier molecular flexibility index (Phi) is 5.90. The monoisotopic (exact) mass is 391 g/mol. The van der Waals surface area contributed by atoms with Crippen molar-refractivity contribution in [3.8, 4) is 5.75 Å². The molecule has 106 valence electrons. The highest BCUT2D eigenvalue weighted by molar-refractivity contribution is 9.10. The van der Waals surface area contributed by atoms with Gasteiger partial charge in [0.2, 0.25) is 0 Å². The van der Waals surface area contributed by atoms with Gasteiger partial charge in [-0.05, 0) is 52.3 Å². The lowest BCUT2D eigenvalue weighted by Gasteiger charge is -2.09. The van der Waals surface area contributed by atoms with Crippen LogP contribution < -0.4 is 10.5 Å². The van der Waals surface area contributed by atoms with E-state index >= 15 is 0 Å². The molecule has 2 nitrogen and oxygen atoms in total. The molecule has 0 unspecified atom stereocenters. The van der Waals surface area contributed by atoms with E-state index in [0.717, 1.165) is 26.6 Å². The Hall–Kier alpha value is -0.550. The van der Waals surface area contributed by atoms with Crippen LogP contribution in [0.25, 0.3) is 0 Å². The van der Waals surface area contributed by atoms with Crippen LogP contribution in [0.3, 0.4) is 0 Å². The van der Waals surface area contributed by atoms with Crippen LogP contribution in [0.15, 0.2) is 45.8 Å². The zero-order chi connectivity index (χ0) is 14.5. The first kappa shape index (κ1) is 15.8. The average molecular weight is 393 g/mol. The quantitative estimate of drug-likeness (QED) is 0.414. The summed E-state index contributed by atoms with van der Waals surface area (Å²) in [5.41, 5.74) is 6.61. The zero-order valence-corrected chi connectivity index (χ0v) is 14.3. The SMILES string of the molecule is Nc1ccc(Cl)cc1SCCOc1ccc(Cl)cc1Br. The van der Waals surface area contributed by atoms with E-state index in [2.05, 4.69) is 15.9 Å². The minimum Gasteiger partial charge on any atom is -0.492 e. The summed E-state index contributed by atoms with van der Waals surface area (Å²) < 4.78 is 6.53. The van der Waals surface area contributed by atoms with Gasteiger partial charge in [0.25, 0.3) is 0 Å². The molecule has 0 aliphatic heterocycles. The number of halogens is 3. The van der Waals surface area contributed by atoms with Gasteiger partial charge in [-0.1, -0.05) is 23.2 Å². The molecule has 6 heteroatoms. The summed E-state index contributed by atoms with van der Waals surface area (Å²) in [6.45, 7) is 0.566. The van der Waals surface area contributed by atoms with Crippen molar-refractivity contribution in [3.05, 3.63) is 50.9 Å². The summed E-state index contributed by atoms with van der Waals surface area (Å²) in [5, 5.41) is 1.35. The van der Waals surface area contributed by atoms with E-state index < -0.39 is 0 Å². The van der Waals surface area contributed by atoms with Crippen molar-refractivity contribution in [2.45, 2.75) is 4.90 Å². The molecule has 0 aromatic heterocycles. The second-order valence-electron chi connectivity index (χ2n) is 3.95. The Bertz CT molecular complexity index is 610. The van der Waals surface area contributed by atoms with E-state index in [1.54, 1.807) is 36.0 Å². The molecule has 0 atom stereocenters. The molecule has 0 bridgehead atoms. The van der Waals surface area contributed by atoms with Gasteiger partial charge >= 0.3 is 0 Å². The minimum absolute atomic E-state index is 0.566. The summed E-state index contributed by atoms with van der Waals surface area (Å²) in [5.74, 6) is 1.55. The Balaban J connectivity index is 1.86. The maximum absolute atomic E-state index is 5.94. The second kappa shape index (κ2) is 7.46. The Morgan fingerprint density at radius 3 is 2.55 bits per heavy atom. The first-order valence-electron chi connectivity index (χ1n) is 5.82. The van der Waals surface area contributed by atoms with Crippen LogP contribution >= 0.6 is 50.9 Å². The van der Waals surface area contributed by atoms with Gasteiger partial charge < -0.3 is 10.5 Å². The molecule has 2 N–H and O–H groups in total. The van der Waals surface area contributed by atoms with Gasteiger partial charge in [-0.25, -0.2) is 0 Å². The average Bonchev–Trinajstić information content (AvgIpc) is 2.40. The molecule has 0 aliphatic rings. The lowest BCUT2D eigenvalue weighted by atomic mass is 10.3. The minimum atomic E-state index is 0.566. The molecule has 0 fully saturated rings. The van der Waals surface area contributed by atoms with Crippen LogP contribution in [0.5, 0.6) is 5.75 Å². The number of nitrogens with two attached hydrogens (primary N) is 1. The van der Waals surface area contributed by atoms with Gasteiger partial charge in [-0.2, -0.15) is 0 Å². The van der Waals surface area contributed by atoms with Crippen LogP contribution in [0.2, 0.25) is 10.0 Å². The van der Waals surface area contributed by atoms with Crippen molar-refractivity contribution in [1.29, 1.82) is 0 Å². The van der Waals surface area contributed by atoms with Crippen molar-refractivity contribution in [1.82, 2.24) is 0 Å². The fraction of sp³-hybridized carbons (Fsp3) is 0.143. The number of benzene rings is 2. The van der Waals surface area contributed by atoms with Gasteiger partial charge in [-0.3, -0.25) is 0 Å². The molecule has 0 spiro atoms. The third-order valence-corrected chi connectivity index (χ3v) is 4.59. The van der Waals surface area contributed by atoms with Crippen molar-refractivity contribution < 1.29 is 4.74 Å². The maximum Gasteiger partial charge on any atom is 0.133 e. The summed E-state index contributed by atoms with van der Waals surface area (Å²) in [7, 11) is 0. The van der Waals surface area contributed by atoms with Gasteiger partial charge in [0, 0.05) is 26.4 Å². The van der Waals surface area contributed by atoms with Crippen LogP contribution in [-0.2, 0) is 0 Å². The number of hydrogen-bond donors (Lipinski definition) is 1. The zero-order valence-electron chi connectivity index (χ0n) is 10.4. The molecule has 0 saturated heterocycles. The largest absolute Gasteiger partial charge is 0.492 e. The summed E-state index contributed by atoms with van der Waals surface area (Å²) in [6, 6.07) is 10.9. The predicted octanol–water partition coefficient (Wildman–Crippen LogP) is 5.51. The third kappa shape index (κ3) is 4.48. The Labute approximate surface area is 140 Å². The van der Waals surface area contributed by atoms with Crippen LogP contribution in [0, 0.1) is 0 Å². The van der Waals surface area contributed by atoms with Crippen LogP contribution in [-0.4, -0.2) is 12.4 Å². The van der Waals surface area contributed by atoms with E-state index in [9.17, 15) is 0 Å². The molecule has 0 aliphatic carbocycles. The molecule has 0 heterocycles. The van der Waals surface area contributed by atoms with E-state index in [1.165, 1.54) is 0 Å². The van der Waals surface area contributed by atoms with Crippen molar-refractivity contribution in [2.24, 2.45) is 0 Å². The number of anilines is 1. The number of ether oxygens (including phenoxy) is 1. The highest BCUT2D eigenvalue weighted by Gasteiger charge is 2.04. The standard InChI is InChI=1S/C14H12BrCl2NOS/c15-11-7-9(16)2-4-13(11)19-5-6-20-14-8-10(17)1-3-12(14)18/h1-4,7-8H,5-6,18H2. The summed E-state index contributed by atoms with van der Waals surface area (Å²) >= 11 is 16.8. The molecular weight excluding hydrogens is 381 g/mol. The van der Waals surface area contributed by atoms with Crippen LogP contribution in [0.1, 0.15) is 0 Å². The second-order valence-corrected chi connectivity index (χ2v) is 6.82. The highest BCUT2D eigenvalue weighted by Crippen LogP contribution is 2.30. The predicted molar refractivity (Wildman–Crippen MR) is 91.2 cm³/mol. The highest BCUT2D eigenvalue weighted by atomic mass is 79.9. The van der Waals surface area contributed by atoms with E-state index in [1.807, 2.05) is 12.1 Å². The normalized spacial score (nSPS) is 10.6. The van der Waals surface area contributed by atoms with E-state index in [4.69, 9.17) is 33.7 Å². The van der Waals surface area contributed by atoms with Gasteiger partial charge in [0.15, 0.2) is 0 Å². The van der Waals surface area contributed by atoms with Crippen molar-refractivity contribution in [3.63, 3.8) is 0 Å². The van der Waals surface area contributed by atoms with Gasteiger partial charge in [0.1, 0.15) is 5.75 Å². The van der Waals surface area contributed by atoms with Crippen molar-refractivity contribution >= 4 is 56.6 Å². The molecule has 2 aromatic carbocycles. The molecule has 0 radical (unpaired) electrons. The maximum atomic E-state index is 5.94. The molecule has 2 rings (SSSR count). The van der Waals surface area contributed by atoms with E-state index in [-0.39, 0.29) is 0 Å². The number of rotatable bonds is 5. The topological polar surface area (TPSA) is 35.2 Å². The first-order valence-corrected chi connectivity index (χ1v) is 8.35. The van der Waals surface area contributed by atoms with E-state index in [0.29, 0.717) is 16.7 Å². The number of thioether (sulfide) groups is 1. The molecular formula is C14H12BrCl2NOS.